The number of unbranched alkanes of at least 4 members (excludes halogenated alkanes) is 3. The summed E-state index contributed by atoms with van der Waals surface area (Å²) in [4.78, 5) is 26.8. The van der Waals surface area contributed by atoms with Gasteiger partial charge in [0, 0.05) is 30.3 Å². The second kappa shape index (κ2) is 17.5. The zero-order valence-electron chi connectivity index (χ0n) is 29.4. The zero-order chi connectivity index (χ0) is 34.6. The molecule has 1 aliphatic rings. The number of nitrogens with one attached hydrogen (secondary N) is 1. The van der Waals surface area contributed by atoms with Crippen molar-refractivity contribution in [2.24, 2.45) is 0 Å². The Balaban J connectivity index is 1.34. The molecule has 3 aromatic rings. The Morgan fingerprint density at radius 1 is 0.854 bits per heavy atom. The van der Waals surface area contributed by atoms with Crippen molar-refractivity contribution in [2.75, 3.05) is 18.1 Å². The number of ether oxygens (including phenoxy) is 2. The Labute approximate surface area is 287 Å². The number of carbonyl (C=O) groups excluding carboxylic acids is 1. The molecule has 1 saturated carbocycles. The van der Waals surface area contributed by atoms with Gasteiger partial charge in [0.05, 0.1) is 12.3 Å². The second-order valence-electron chi connectivity index (χ2n) is 14.3. The predicted octanol–water partition coefficient (Wildman–Crippen LogP) is 10.0. The summed E-state index contributed by atoms with van der Waals surface area (Å²) < 4.78 is 17.9. The van der Waals surface area contributed by atoms with Crippen LogP contribution in [0, 0.1) is 0 Å². The first-order chi connectivity index (χ1) is 22.9. The zero-order valence-corrected chi connectivity index (χ0v) is 30.4. The Hall–Kier alpha value is -3.82. The first-order valence-electron chi connectivity index (χ1n) is 17.4. The minimum absolute atomic E-state index is 0.0675. The maximum Gasteiger partial charge on any atom is 0.412 e. The van der Waals surface area contributed by atoms with Gasteiger partial charge in [-0.1, -0.05) is 87.9 Å². The maximum absolute atomic E-state index is 12.9. The fourth-order valence-corrected chi connectivity index (χ4v) is 6.91. The lowest BCUT2D eigenvalue weighted by molar-refractivity contribution is 0.132. The topological polar surface area (TPSA) is 97.3 Å². The molecule has 0 unspecified atom stereocenters. The average Bonchev–Trinajstić information content (AvgIpc) is 3.06. The van der Waals surface area contributed by atoms with Crippen LogP contribution in [0.25, 0.3) is 11.1 Å². The normalized spacial score (nSPS) is 16.6. The fourth-order valence-electron chi connectivity index (χ4n) is 5.82. The summed E-state index contributed by atoms with van der Waals surface area (Å²) in [5.74, 6) is 0.661. The van der Waals surface area contributed by atoms with Crippen molar-refractivity contribution in [3.63, 3.8) is 0 Å². The molecule has 0 saturated heterocycles. The van der Waals surface area contributed by atoms with E-state index in [1.165, 1.54) is 4.90 Å². The van der Waals surface area contributed by atoms with Gasteiger partial charge < -0.3 is 24.3 Å². The van der Waals surface area contributed by atoms with Crippen molar-refractivity contribution >= 4 is 26.2 Å². The largest absolute Gasteiger partial charge is 0.494 e. The van der Waals surface area contributed by atoms with Crippen LogP contribution < -0.4 is 15.0 Å². The van der Waals surface area contributed by atoms with Crippen LogP contribution in [0.4, 0.5) is 15.3 Å². The van der Waals surface area contributed by atoms with E-state index in [9.17, 15) is 14.7 Å². The smallest absolute Gasteiger partial charge is 0.412 e. The fraction of sp³-hybridized carbons (Fsp3) is 0.487. The molecule has 0 aliphatic heterocycles. The highest BCUT2D eigenvalue weighted by atomic mass is 28.4. The van der Waals surface area contributed by atoms with Crippen molar-refractivity contribution in [2.45, 2.75) is 109 Å². The molecule has 0 bridgehead atoms. The second-order valence-corrected chi connectivity index (χ2v) is 19.1. The number of hydrogen-bond acceptors (Lipinski definition) is 5. The maximum atomic E-state index is 12.9. The lowest BCUT2D eigenvalue weighted by Crippen LogP contribution is -2.46. The molecule has 1 fully saturated rings. The Morgan fingerprint density at radius 3 is 2.10 bits per heavy atom. The van der Waals surface area contributed by atoms with E-state index < -0.39 is 20.5 Å². The number of anilines is 1. The van der Waals surface area contributed by atoms with E-state index in [4.69, 9.17) is 13.9 Å². The summed E-state index contributed by atoms with van der Waals surface area (Å²) in [5, 5.41) is 13.7. The summed E-state index contributed by atoms with van der Waals surface area (Å²) in [6.45, 7) is 13.0. The first-order valence-corrected chi connectivity index (χ1v) is 20.3. The van der Waals surface area contributed by atoms with Gasteiger partial charge in [-0.3, -0.25) is 4.90 Å². The summed E-state index contributed by atoms with van der Waals surface area (Å²) >= 11 is 0. The molecule has 48 heavy (non-hydrogen) atoms. The van der Waals surface area contributed by atoms with Crippen LogP contribution in [0.1, 0.15) is 77.7 Å². The average molecular weight is 675 g/mol. The highest BCUT2D eigenvalue weighted by molar-refractivity contribution is 6.74. The molecule has 0 heterocycles. The molecule has 0 radical (unpaired) electrons. The Morgan fingerprint density at radius 2 is 1.48 bits per heavy atom. The van der Waals surface area contributed by atoms with Crippen molar-refractivity contribution in [3.05, 3.63) is 84.4 Å². The first kappa shape index (κ1) is 37.0. The molecule has 0 spiro atoms. The van der Waals surface area contributed by atoms with Crippen LogP contribution in [0.2, 0.25) is 18.1 Å². The van der Waals surface area contributed by atoms with Crippen LogP contribution in [-0.2, 0) is 15.8 Å². The Kier molecular flexibility index (Phi) is 13.5. The van der Waals surface area contributed by atoms with Crippen LogP contribution in [-0.4, -0.2) is 50.9 Å². The molecular weight excluding hydrogens is 621 g/mol. The van der Waals surface area contributed by atoms with Gasteiger partial charge in [0.2, 0.25) is 0 Å². The van der Waals surface area contributed by atoms with Crippen LogP contribution in [0.15, 0.2) is 78.9 Å². The summed E-state index contributed by atoms with van der Waals surface area (Å²) in [6.07, 6.45) is 5.21. The van der Waals surface area contributed by atoms with Gasteiger partial charge in [-0.15, -0.1) is 0 Å². The highest BCUT2D eigenvalue weighted by Gasteiger charge is 2.37. The van der Waals surface area contributed by atoms with Gasteiger partial charge in [0.25, 0.3) is 0 Å². The standard InChI is InChI=1S/C39H54N2O6Si/c1-39(2,3)48(4,5)47-27-15-7-6-14-26-45-34-24-25-35(31-18-12-9-13-19-31)36(28-34)41(38(43)44)33-22-20-32(21-23-33)40-37(42)46-29-30-16-10-8-11-17-30/h8-13,16-19,24-25,28,32-33H,6-7,14-15,20-23,26-27,29H2,1-5H3,(H,40,42)(H,43,44). The molecule has 8 nitrogen and oxygen atoms in total. The number of carboxylic acid groups (broad SMARTS) is 1. The van der Waals surface area contributed by atoms with Gasteiger partial charge in [0.15, 0.2) is 8.32 Å². The number of amides is 2. The molecule has 0 aromatic heterocycles. The van der Waals surface area contributed by atoms with E-state index >= 15 is 0 Å². The molecule has 3 aromatic carbocycles. The molecule has 4 rings (SSSR count). The van der Waals surface area contributed by atoms with E-state index in [2.05, 4.69) is 39.2 Å². The summed E-state index contributed by atoms with van der Waals surface area (Å²) in [7, 11) is -1.71. The monoisotopic (exact) mass is 674 g/mol. The van der Waals surface area contributed by atoms with E-state index in [1.807, 2.05) is 78.9 Å². The quantitative estimate of drug-likeness (QED) is 0.123. The van der Waals surface area contributed by atoms with Crippen molar-refractivity contribution in [1.82, 2.24) is 5.32 Å². The molecule has 9 heteroatoms. The third-order valence-electron chi connectivity index (χ3n) is 9.69. The van der Waals surface area contributed by atoms with Crippen LogP contribution >= 0.6 is 0 Å². The van der Waals surface area contributed by atoms with E-state index in [-0.39, 0.29) is 23.7 Å². The minimum Gasteiger partial charge on any atom is -0.494 e. The predicted molar refractivity (Wildman–Crippen MR) is 195 cm³/mol. The summed E-state index contributed by atoms with van der Waals surface area (Å²) in [5.41, 5.74) is 3.34. The number of rotatable bonds is 15. The molecule has 260 valence electrons. The van der Waals surface area contributed by atoms with Gasteiger partial charge in [-0.25, -0.2) is 9.59 Å². The third-order valence-corrected chi connectivity index (χ3v) is 14.2. The number of carbonyl (C=O) groups is 2. The number of alkyl carbamates (subject to hydrolysis) is 1. The van der Waals surface area contributed by atoms with Crippen molar-refractivity contribution in [3.8, 4) is 16.9 Å². The number of benzene rings is 3. The Bertz CT molecular complexity index is 1440. The lowest BCUT2D eigenvalue weighted by atomic mass is 9.89. The SMILES string of the molecule is CC(C)(C)[Si](C)(C)OCCCCCCOc1ccc(-c2ccccc2)c(N(C(=O)O)C2CCC(NC(=O)OCc3ccccc3)CC2)c1. The molecular formula is C39H54N2O6Si. The molecule has 2 N–H and O–H groups in total. The minimum atomic E-state index is -1.71. The van der Waals surface area contributed by atoms with Crippen molar-refractivity contribution in [1.29, 1.82) is 0 Å². The highest BCUT2D eigenvalue weighted by Crippen LogP contribution is 2.39. The van der Waals surface area contributed by atoms with Gasteiger partial charge in [-0.2, -0.15) is 0 Å². The molecule has 1 aliphatic carbocycles. The van der Waals surface area contributed by atoms with Gasteiger partial charge in [-0.05, 0) is 86.3 Å². The number of hydrogen-bond donors (Lipinski definition) is 2. The number of nitrogens with zero attached hydrogens (tertiary/aromatic N) is 1. The van der Waals surface area contributed by atoms with E-state index in [0.717, 1.165) is 49.0 Å². The van der Waals surface area contributed by atoms with E-state index in [0.29, 0.717) is 43.7 Å². The van der Waals surface area contributed by atoms with E-state index in [1.54, 1.807) is 0 Å². The lowest BCUT2D eigenvalue weighted by Gasteiger charge is -2.36. The third kappa shape index (κ3) is 10.9. The van der Waals surface area contributed by atoms with Crippen LogP contribution in [0.3, 0.4) is 0 Å². The van der Waals surface area contributed by atoms with Crippen molar-refractivity contribution < 1.29 is 28.6 Å². The summed E-state index contributed by atoms with van der Waals surface area (Å²) in [6, 6.07) is 24.9. The molecule has 2 amide bonds. The van der Waals surface area contributed by atoms with Crippen LogP contribution in [0.5, 0.6) is 5.75 Å². The van der Waals surface area contributed by atoms with Gasteiger partial charge >= 0.3 is 12.2 Å². The van der Waals surface area contributed by atoms with Gasteiger partial charge in [0.1, 0.15) is 12.4 Å². The molecule has 0 atom stereocenters.